The highest BCUT2D eigenvalue weighted by molar-refractivity contribution is 9.10. The minimum atomic E-state index is -0.429. The van der Waals surface area contributed by atoms with Crippen LogP contribution in [0.15, 0.2) is 38.9 Å². The van der Waals surface area contributed by atoms with Crippen LogP contribution >= 0.6 is 15.9 Å². The quantitative estimate of drug-likeness (QED) is 0.730. The molecule has 0 N–H and O–H groups in total. The Morgan fingerprint density at radius 2 is 2.11 bits per heavy atom. The smallest absolute Gasteiger partial charge is 0.252 e. The zero-order valence-corrected chi connectivity index (χ0v) is 16.6. The molecule has 1 fully saturated rings. The molecule has 5 nitrogen and oxygen atoms in total. The second-order valence-corrected chi connectivity index (χ2v) is 7.99. The van der Waals surface area contributed by atoms with Crippen molar-refractivity contribution in [2.45, 2.75) is 25.2 Å². The molecule has 0 saturated heterocycles. The number of methoxy groups -OCH3 is 1. The van der Waals surface area contributed by atoms with E-state index < -0.39 is 11.8 Å². The van der Waals surface area contributed by atoms with E-state index in [4.69, 9.17) is 9.73 Å². The molecule has 2 atom stereocenters. The summed E-state index contributed by atoms with van der Waals surface area (Å²) in [5, 5.41) is 0. The number of amides is 1. The average Bonchev–Trinajstić information content (AvgIpc) is 2.96. The fourth-order valence-electron chi connectivity index (χ4n) is 4.27. The van der Waals surface area contributed by atoms with Crippen molar-refractivity contribution in [3.63, 3.8) is 0 Å². The molecule has 0 aromatic heterocycles. The number of carbonyl (C=O) groups is 2. The first-order valence-electron chi connectivity index (χ1n) is 9.07. The van der Waals surface area contributed by atoms with Crippen molar-refractivity contribution >= 4 is 33.3 Å². The van der Waals surface area contributed by atoms with E-state index in [1.165, 1.54) is 6.07 Å². The summed E-state index contributed by atoms with van der Waals surface area (Å²) < 4.78 is 19.2. The van der Waals surface area contributed by atoms with Gasteiger partial charge in [0.05, 0.1) is 29.2 Å². The van der Waals surface area contributed by atoms with Crippen LogP contribution in [-0.2, 0) is 14.3 Å². The average molecular weight is 435 g/mol. The van der Waals surface area contributed by atoms with Crippen molar-refractivity contribution in [2.24, 2.45) is 10.9 Å². The lowest BCUT2D eigenvalue weighted by atomic mass is 9.69. The number of benzene rings is 1. The van der Waals surface area contributed by atoms with Crippen LogP contribution in [0.3, 0.4) is 0 Å². The molecule has 27 heavy (non-hydrogen) atoms. The van der Waals surface area contributed by atoms with E-state index in [9.17, 15) is 14.0 Å². The van der Waals surface area contributed by atoms with Crippen LogP contribution in [0.25, 0.3) is 0 Å². The number of ketones is 1. The summed E-state index contributed by atoms with van der Waals surface area (Å²) in [6, 6.07) is 4.73. The number of carbonyl (C=O) groups excluding carboxylic acids is 2. The first-order chi connectivity index (χ1) is 13.0. The molecule has 1 saturated carbocycles. The van der Waals surface area contributed by atoms with E-state index in [1.807, 2.05) is 0 Å². The molecule has 0 radical (unpaired) electrons. The predicted octanol–water partition coefficient (Wildman–Crippen LogP) is 3.24. The number of fused-ring (bicyclic) bond motifs is 1. The summed E-state index contributed by atoms with van der Waals surface area (Å²) in [4.78, 5) is 32.3. The molecule has 1 amide bonds. The Balaban J connectivity index is 1.80. The van der Waals surface area contributed by atoms with Crippen LogP contribution in [0.4, 0.5) is 4.39 Å². The number of aliphatic imine (C=N–C) groups is 1. The van der Waals surface area contributed by atoms with Gasteiger partial charge in [0.2, 0.25) is 0 Å². The maximum atomic E-state index is 13.8. The van der Waals surface area contributed by atoms with Gasteiger partial charge < -0.3 is 9.64 Å². The third kappa shape index (κ3) is 3.17. The summed E-state index contributed by atoms with van der Waals surface area (Å²) >= 11 is 3.23. The van der Waals surface area contributed by atoms with Gasteiger partial charge in [-0.3, -0.25) is 14.6 Å². The Labute approximate surface area is 165 Å². The summed E-state index contributed by atoms with van der Waals surface area (Å²) in [5.74, 6) is -1.20. The number of halogens is 2. The van der Waals surface area contributed by atoms with Crippen LogP contribution in [0.2, 0.25) is 0 Å². The number of Topliss-reactive ketones (excluding diaryl/α,β-unsaturated/α-hetero) is 1. The Kier molecular flexibility index (Phi) is 4.99. The van der Waals surface area contributed by atoms with Crippen molar-refractivity contribution < 1.29 is 18.7 Å². The minimum absolute atomic E-state index is 0.103. The Bertz CT molecular complexity index is 880. The Morgan fingerprint density at radius 3 is 2.85 bits per heavy atom. The van der Waals surface area contributed by atoms with E-state index in [-0.39, 0.29) is 17.5 Å². The zero-order chi connectivity index (χ0) is 19.1. The topological polar surface area (TPSA) is 59.0 Å². The van der Waals surface area contributed by atoms with Gasteiger partial charge in [-0.05, 0) is 46.5 Å². The molecule has 0 spiro atoms. The predicted molar refractivity (Wildman–Crippen MR) is 102 cm³/mol. The maximum Gasteiger partial charge on any atom is 0.252 e. The van der Waals surface area contributed by atoms with E-state index in [0.717, 1.165) is 29.8 Å². The minimum Gasteiger partial charge on any atom is -0.383 e. The monoisotopic (exact) mass is 434 g/mol. The molecule has 1 aromatic rings. The molecule has 142 valence electrons. The molecule has 4 rings (SSSR count). The number of rotatable bonds is 4. The normalized spacial score (nSPS) is 24.9. The van der Waals surface area contributed by atoms with Crippen molar-refractivity contribution in [2.75, 3.05) is 26.8 Å². The molecule has 3 aliphatic rings. The van der Waals surface area contributed by atoms with Gasteiger partial charge in [-0.25, -0.2) is 4.39 Å². The first-order valence-corrected chi connectivity index (χ1v) is 9.87. The fraction of sp³-hybridized carbons (Fsp3) is 0.450. The lowest BCUT2D eigenvalue weighted by Gasteiger charge is -2.34. The van der Waals surface area contributed by atoms with Gasteiger partial charge >= 0.3 is 0 Å². The lowest BCUT2D eigenvalue weighted by molar-refractivity contribution is -0.126. The van der Waals surface area contributed by atoms with Crippen molar-refractivity contribution in [1.29, 1.82) is 0 Å². The third-order valence-electron chi connectivity index (χ3n) is 5.52. The van der Waals surface area contributed by atoms with Gasteiger partial charge in [0.1, 0.15) is 11.6 Å². The van der Waals surface area contributed by atoms with Gasteiger partial charge in [0.15, 0.2) is 0 Å². The highest BCUT2D eigenvalue weighted by atomic mass is 79.9. The SMILES string of the molecule is COCCN1CC2=C(C1=O)C(c1ccc(F)c(Br)c1)C1C(=O)CCCC1=N2. The molecule has 0 bridgehead atoms. The summed E-state index contributed by atoms with van der Waals surface area (Å²) in [5.41, 5.74) is 2.94. The zero-order valence-electron chi connectivity index (χ0n) is 15.0. The first kappa shape index (κ1) is 18.5. The molecule has 2 unspecified atom stereocenters. The van der Waals surface area contributed by atoms with E-state index in [1.54, 1.807) is 24.1 Å². The van der Waals surface area contributed by atoms with E-state index in [2.05, 4.69) is 15.9 Å². The second kappa shape index (κ2) is 7.28. The van der Waals surface area contributed by atoms with E-state index in [0.29, 0.717) is 36.2 Å². The van der Waals surface area contributed by atoms with Gasteiger partial charge in [0.25, 0.3) is 5.91 Å². The van der Waals surface area contributed by atoms with Gasteiger partial charge in [-0.15, -0.1) is 0 Å². The largest absolute Gasteiger partial charge is 0.383 e. The number of nitrogens with zero attached hydrogens (tertiary/aromatic N) is 2. The van der Waals surface area contributed by atoms with Crippen LogP contribution in [0.1, 0.15) is 30.7 Å². The molecule has 2 heterocycles. The number of hydrogen-bond donors (Lipinski definition) is 0. The second-order valence-electron chi connectivity index (χ2n) is 7.13. The highest BCUT2D eigenvalue weighted by Gasteiger charge is 2.47. The molecule has 1 aliphatic carbocycles. The van der Waals surface area contributed by atoms with Gasteiger partial charge in [0, 0.05) is 37.3 Å². The van der Waals surface area contributed by atoms with Crippen molar-refractivity contribution in [3.05, 3.63) is 45.3 Å². The summed E-state index contributed by atoms with van der Waals surface area (Å²) in [6.45, 7) is 1.35. The third-order valence-corrected chi connectivity index (χ3v) is 6.13. The van der Waals surface area contributed by atoms with Crippen LogP contribution < -0.4 is 0 Å². The summed E-state index contributed by atoms with van der Waals surface area (Å²) in [7, 11) is 1.60. The fourth-order valence-corrected chi connectivity index (χ4v) is 4.67. The molecule has 2 aliphatic heterocycles. The van der Waals surface area contributed by atoms with Crippen LogP contribution in [0, 0.1) is 11.7 Å². The molecular weight excluding hydrogens is 415 g/mol. The van der Waals surface area contributed by atoms with E-state index >= 15 is 0 Å². The number of hydrogen-bond acceptors (Lipinski definition) is 4. The highest BCUT2D eigenvalue weighted by Crippen LogP contribution is 2.46. The van der Waals surface area contributed by atoms with Gasteiger partial charge in [-0.2, -0.15) is 0 Å². The Hall–Kier alpha value is -1.86. The standard InChI is InChI=1S/C20H20BrFN2O3/c1-27-8-7-24-10-15-19(20(24)26)17(11-5-6-13(22)12(21)9-11)18-14(23-15)3-2-4-16(18)25/h5-6,9,17-18H,2-4,7-8,10H2,1H3. The summed E-state index contributed by atoms with van der Waals surface area (Å²) in [6.07, 6.45) is 2.04. The molecular formula is C20H20BrFN2O3. The van der Waals surface area contributed by atoms with Crippen LogP contribution in [0.5, 0.6) is 0 Å². The Morgan fingerprint density at radius 1 is 1.30 bits per heavy atom. The number of ether oxygens (including phenoxy) is 1. The van der Waals surface area contributed by atoms with Crippen molar-refractivity contribution in [1.82, 2.24) is 4.90 Å². The molecule has 7 heteroatoms. The van der Waals surface area contributed by atoms with Gasteiger partial charge in [-0.1, -0.05) is 6.07 Å². The van der Waals surface area contributed by atoms with Crippen LogP contribution in [-0.4, -0.2) is 49.1 Å². The van der Waals surface area contributed by atoms with Crippen molar-refractivity contribution in [3.8, 4) is 0 Å². The maximum absolute atomic E-state index is 13.8. The molecule has 1 aromatic carbocycles. The lowest BCUT2D eigenvalue weighted by Crippen LogP contribution is -2.38.